The zero-order chi connectivity index (χ0) is 25.7. The highest BCUT2D eigenvalue weighted by molar-refractivity contribution is 5.97. The van der Waals surface area contributed by atoms with E-state index >= 15 is 4.39 Å². The molecule has 1 amide bonds. The monoisotopic (exact) mass is 495 g/mol. The van der Waals surface area contributed by atoms with Crippen molar-refractivity contribution < 1.29 is 9.18 Å². The highest BCUT2D eigenvalue weighted by Crippen LogP contribution is 2.33. The molecule has 6 rings (SSSR count). The molecular weight excluding hydrogens is 473 g/mol. The number of hydrogen-bond donors (Lipinski definition) is 3. The van der Waals surface area contributed by atoms with Crippen molar-refractivity contribution in [1.82, 2.24) is 39.7 Å². The lowest BCUT2D eigenvalue weighted by Gasteiger charge is -2.09. The number of carbonyl (C=O) groups is 1. The van der Waals surface area contributed by atoms with Crippen LogP contribution in [0.4, 0.5) is 10.1 Å². The summed E-state index contributed by atoms with van der Waals surface area (Å²) in [5.41, 5.74) is 5.38. The van der Waals surface area contributed by atoms with Crippen molar-refractivity contribution in [2.24, 2.45) is 5.92 Å². The van der Waals surface area contributed by atoms with Crippen LogP contribution in [0.3, 0.4) is 0 Å². The van der Waals surface area contributed by atoms with Crippen molar-refractivity contribution in [2.45, 2.75) is 20.8 Å². The molecular formula is C26H22FN9O. The van der Waals surface area contributed by atoms with Crippen LogP contribution in [-0.2, 0) is 4.79 Å². The summed E-state index contributed by atoms with van der Waals surface area (Å²) in [6.45, 7) is 5.52. The Morgan fingerprint density at radius 3 is 2.81 bits per heavy atom. The molecule has 0 fully saturated rings. The fourth-order valence-corrected chi connectivity index (χ4v) is 4.16. The molecule has 1 aromatic carbocycles. The second kappa shape index (κ2) is 8.63. The molecule has 0 aliphatic carbocycles. The SMILES string of the molecule is Cc1cn(-c2ccnc3nc(-c4n[nH]c5cc(F)c(-c6cncc(NC(=O)C(C)C)c6)cc45)[nH]c23)cn1. The highest BCUT2D eigenvalue weighted by Gasteiger charge is 2.19. The van der Waals surface area contributed by atoms with E-state index in [0.29, 0.717) is 44.9 Å². The van der Waals surface area contributed by atoms with Crippen LogP contribution in [0.2, 0.25) is 0 Å². The molecule has 0 saturated carbocycles. The quantitative estimate of drug-likeness (QED) is 0.315. The van der Waals surface area contributed by atoms with Crippen LogP contribution < -0.4 is 5.32 Å². The Kier molecular flexibility index (Phi) is 5.25. The molecule has 5 heterocycles. The summed E-state index contributed by atoms with van der Waals surface area (Å²) in [4.78, 5) is 33.0. The van der Waals surface area contributed by atoms with Gasteiger partial charge >= 0.3 is 0 Å². The van der Waals surface area contributed by atoms with E-state index in [9.17, 15) is 4.79 Å². The first-order valence-corrected chi connectivity index (χ1v) is 11.7. The minimum Gasteiger partial charge on any atom is -0.333 e. The van der Waals surface area contributed by atoms with Crippen LogP contribution in [-0.4, -0.2) is 45.6 Å². The summed E-state index contributed by atoms with van der Waals surface area (Å²) in [7, 11) is 0. The Morgan fingerprint density at radius 1 is 1.16 bits per heavy atom. The van der Waals surface area contributed by atoms with Gasteiger partial charge in [0.15, 0.2) is 11.5 Å². The molecule has 3 N–H and O–H groups in total. The standard InChI is InChI=1S/C26H22FN9O/c1-13(2)26(37)31-16-6-15(9-28-10-16)17-7-18-20(8-19(17)27)34-35-22(18)25-32-23-21(4-5-29-24(23)33-25)36-11-14(3)30-12-36/h4-13H,1-3H3,(H,31,37)(H,34,35)(H,29,32,33). The molecule has 0 bridgehead atoms. The molecule has 6 aromatic rings. The number of pyridine rings is 2. The van der Waals surface area contributed by atoms with Gasteiger partial charge in [-0.05, 0) is 25.1 Å². The molecule has 37 heavy (non-hydrogen) atoms. The van der Waals surface area contributed by atoms with Gasteiger partial charge in [0.05, 0.1) is 35.1 Å². The topological polar surface area (TPSA) is 130 Å². The van der Waals surface area contributed by atoms with E-state index in [1.165, 1.54) is 12.3 Å². The number of rotatable bonds is 5. The number of amides is 1. The van der Waals surface area contributed by atoms with Gasteiger partial charge in [-0.1, -0.05) is 13.8 Å². The lowest BCUT2D eigenvalue weighted by molar-refractivity contribution is -0.118. The predicted molar refractivity (Wildman–Crippen MR) is 137 cm³/mol. The number of aryl methyl sites for hydroxylation is 1. The highest BCUT2D eigenvalue weighted by atomic mass is 19.1. The number of H-pyrrole nitrogens is 2. The Morgan fingerprint density at radius 2 is 2.03 bits per heavy atom. The number of aromatic nitrogens is 8. The van der Waals surface area contributed by atoms with Gasteiger partial charge in [0.25, 0.3) is 0 Å². The average molecular weight is 496 g/mol. The number of hydrogen-bond acceptors (Lipinski definition) is 6. The van der Waals surface area contributed by atoms with Gasteiger partial charge in [0.1, 0.15) is 17.0 Å². The van der Waals surface area contributed by atoms with Gasteiger partial charge < -0.3 is 14.9 Å². The molecule has 5 aromatic heterocycles. The molecule has 184 valence electrons. The van der Waals surface area contributed by atoms with Crippen molar-refractivity contribution in [1.29, 1.82) is 0 Å². The Bertz CT molecular complexity index is 1800. The van der Waals surface area contributed by atoms with Crippen molar-refractivity contribution in [3.05, 3.63) is 66.9 Å². The van der Waals surface area contributed by atoms with Crippen LogP contribution in [0.15, 0.2) is 55.4 Å². The van der Waals surface area contributed by atoms with E-state index in [1.54, 1.807) is 44.7 Å². The minimum atomic E-state index is -0.444. The lowest BCUT2D eigenvalue weighted by atomic mass is 10.0. The average Bonchev–Trinajstić information content (AvgIpc) is 3.60. The predicted octanol–water partition coefficient (Wildman–Crippen LogP) is 4.79. The number of fused-ring (bicyclic) bond motifs is 2. The van der Waals surface area contributed by atoms with Gasteiger partial charge in [-0.15, -0.1) is 0 Å². The summed E-state index contributed by atoms with van der Waals surface area (Å²) in [6, 6.07) is 6.66. The van der Waals surface area contributed by atoms with Gasteiger partial charge in [-0.2, -0.15) is 5.10 Å². The third-order valence-corrected chi connectivity index (χ3v) is 6.08. The Labute approximate surface area is 210 Å². The molecule has 0 unspecified atom stereocenters. The normalized spacial score (nSPS) is 11.6. The fourth-order valence-electron chi connectivity index (χ4n) is 4.16. The van der Waals surface area contributed by atoms with Crippen molar-refractivity contribution in [3.63, 3.8) is 0 Å². The number of carbonyl (C=O) groups excluding carboxylic acids is 1. The van der Waals surface area contributed by atoms with Gasteiger partial charge in [-0.25, -0.2) is 19.3 Å². The van der Waals surface area contributed by atoms with Crippen molar-refractivity contribution >= 4 is 33.7 Å². The summed E-state index contributed by atoms with van der Waals surface area (Å²) in [6.07, 6.45) is 8.42. The third-order valence-electron chi connectivity index (χ3n) is 6.08. The summed E-state index contributed by atoms with van der Waals surface area (Å²) < 4.78 is 17.0. The first-order chi connectivity index (χ1) is 17.9. The molecule has 10 nitrogen and oxygen atoms in total. The van der Waals surface area contributed by atoms with Gasteiger partial charge in [-0.3, -0.25) is 14.9 Å². The number of anilines is 1. The number of benzene rings is 1. The van der Waals surface area contributed by atoms with Crippen LogP contribution in [0, 0.1) is 18.7 Å². The third kappa shape index (κ3) is 3.99. The van der Waals surface area contributed by atoms with Crippen LogP contribution in [0.1, 0.15) is 19.5 Å². The first-order valence-electron chi connectivity index (χ1n) is 11.7. The lowest BCUT2D eigenvalue weighted by Crippen LogP contribution is -2.17. The van der Waals surface area contributed by atoms with E-state index in [0.717, 1.165) is 16.9 Å². The Hall–Kier alpha value is -4.93. The van der Waals surface area contributed by atoms with Crippen LogP contribution in [0.25, 0.3) is 50.4 Å². The zero-order valence-electron chi connectivity index (χ0n) is 20.2. The van der Waals surface area contributed by atoms with Gasteiger partial charge in [0.2, 0.25) is 5.91 Å². The largest absolute Gasteiger partial charge is 0.333 e. The molecule has 0 saturated heterocycles. The zero-order valence-corrected chi connectivity index (χ0v) is 20.2. The fraction of sp³-hybridized carbons (Fsp3) is 0.154. The second-order valence-electron chi connectivity index (χ2n) is 9.09. The van der Waals surface area contributed by atoms with E-state index in [-0.39, 0.29) is 11.8 Å². The number of aromatic amines is 2. The molecule has 0 radical (unpaired) electrons. The second-order valence-corrected chi connectivity index (χ2v) is 9.09. The minimum absolute atomic E-state index is 0.143. The van der Waals surface area contributed by atoms with Crippen LogP contribution >= 0.6 is 0 Å². The number of imidazole rings is 2. The molecule has 0 atom stereocenters. The van der Waals surface area contributed by atoms with E-state index in [1.807, 2.05) is 23.8 Å². The molecule has 0 aliphatic rings. The molecule has 11 heteroatoms. The van der Waals surface area contributed by atoms with E-state index in [2.05, 4.69) is 40.4 Å². The van der Waals surface area contributed by atoms with Crippen LogP contribution in [0.5, 0.6) is 0 Å². The first kappa shape index (κ1) is 22.5. The van der Waals surface area contributed by atoms with Crippen molar-refractivity contribution in [3.8, 4) is 28.3 Å². The maximum atomic E-state index is 15.1. The summed E-state index contributed by atoms with van der Waals surface area (Å²) >= 11 is 0. The number of nitrogens with zero attached hydrogens (tertiary/aromatic N) is 6. The number of nitrogens with one attached hydrogen (secondary N) is 3. The van der Waals surface area contributed by atoms with E-state index in [4.69, 9.17) is 0 Å². The smallest absolute Gasteiger partial charge is 0.226 e. The maximum absolute atomic E-state index is 15.1. The molecule has 0 aliphatic heterocycles. The van der Waals surface area contributed by atoms with E-state index < -0.39 is 5.82 Å². The van der Waals surface area contributed by atoms with Gasteiger partial charge in [0, 0.05) is 47.1 Å². The number of halogens is 1. The summed E-state index contributed by atoms with van der Waals surface area (Å²) in [5.74, 6) is -0.287. The van der Waals surface area contributed by atoms with Crippen molar-refractivity contribution in [2.75, 3.05) is 5.32 Å². The Balaban J connectivity index is 1.44. The molecule has 0 spiro atoms. The maximum Gasteiger partial charge on any atom is 0.226 e. The summed E-state index contributed by atoms with van der Waals surface area (Å²) in [5, 5.41) is 10.8.